The molecule has 0 N–H and O–H groups in total. The van der Waals surface area contributed by atoms with Gasteiger partial charge >= 0.3 is 0 Å². The van der Waals surface area contributed by atoms with E-state index in [-0.39, 0.29) is 0 Å². The lowest BCUT2D eigenvalue weighted by Gasteiger charge is -2.19. The number of hydrogen-bond acceptors (Lipinski definition) is 2. The van der Waals surface area contributed by atoms with Gasteiger partial charge in [0.05, 0.1) is 13.4 Å². The van der Waals surface area contributed by atoms with Crippen LogP contribution in [0.5, 0.6) is 0 Å². The van der Waals surface area contributed by atoms with Crippen molar-refractivity contribution in [3.8, 4) is 0 Å². The molecule has 0 atom stereocenters. The molecule has 2 nitrogen and oxygen atoms in total. The smallest absolute Gasteiger partial charge is 0.217 e. The van der Waals surface area contributed by atoms with Crippen molar-refractivity contribution in [3.63, 3.8) is 0 Å². The lowest BCUT2D eigenvalue weighted by molar-refractivity contribution is 0.337. The first-order valence-corrected chi connectivity index (χ1v) is 6.39. The van der Waals surface area contributed by atoms with Crippen LogP contribution < -0.4 is 0 Å². The Hall–Kier alpha value is -0.543. The van der Waals surface area contributed by atoms with Gasteiger partial charge in [0.1, 0.15) is 0 Å². The van der Waals surface area contributed by atoms with Gasteiger partial charge in [0.25, 0.3) is 0 Å². The SMILES string of the molecule is C=C(/C=C/OC)[Si](C)(C)OC. The van der Waals surface area contributed by atoms with E-state index in [0.29, 0.717) is 0 Å². The standard InChI is InChI=1S/C8H16O2Si/c1-8(6-7-9-2)11(4,5)10-3/h6-7H,1H2,2-5H3/b7-6+. The number of rotatable bonds is 4. The fraction of sp³-hybridized carbons (Fsp3) is 0.500. The number of allylic oxidation sites excluding steroid dienone is 2. The topological polar surface area (TPSA) is 18.5 Å². The van der Waals surface area contributed by atoms with Gasteiger partial charge in [0, 0.05) is 7.11 Å². The lowest BCUT2D eigenvalue weighted by Crippen LogP contribution is -2.30. The highest BCUT2D eigenvalue weighted by Crippen LogP contribution is 2.14. The Kier molecular flexibility index (Phi) is 4.14. The molecule has 0 saturated heterocycles. The lowest BCUT2D eigenvalue weighted by atomic mass is 10.6. The summed E-state index contributed by atoms with van der Waals surface area (Å²) < 4.78 is 10.1. The third-order valence-electron chi connectivity index (χ3n) is 1.69. The molecule has 0 aliphatic carbocycles. The van der Waals surface area contributed by atoms with Crippen LogP contribution in [-0.2, 0) is 9.16 Å². The normalized spacial score (nSPS) is 12.0. The molecule has 0 aliphatic heterocycles. The zero-order chi connectivity index (χ0) is 8.91. The van der Waals surface area contributed by atoms with Gasteiger partial charge in [-0.05, 0) is 24.4 Å². The van der Waals surface area contributed by atoms with Crippen LogP contribution in [0.15, 0.2) is 24.1 Å². The van der Waals surface area contributed by atoms with Gasteiger partial charge < -0.3 is 9.16 Å². The van der Waals surface area contributed by atoms with Crippen LogP contribution in [0.3, 0.4) is 0 Å². The second-order valence-electron chi connectivity index (χ2n) is 2.78. The molecular weight excluding hydrogens is 156 g/mol. The number of methoxy groups -OCH3 is 1. The van der Waals surface area contributed by atoms with E-state index in [0.717, 1.165) is 5.20 Å². The van der Waals surface area contributed by atoms with Gasteiger partial charge in [0.15, 0.2) is 0 Å². The van der Waals surface area contributed by atoms with E-state index in [2.05, 4.69) is 19.7 Å². The molecule has 0 amide bonds. The van der Waals surface area contributed by atoms with Crippen LogP contribution in [0.2, 0.25) is 13.1 Å². The second-order valence-corrected chi connectivity index (χ2v) is 6.85. The summed E-state index contributed by atoms with van der Waals surface area (Å²) in [5.41, 5.74) is 0. The third kappa shape index (κ3) is 3.39. The fourth-order valence-corrected chi connectivity index (χ4v) is 1.21. The fourth-order valence-electron chi connectivity index (χ4n) is 0.482. The molecule has 0 fully saturated rings. The third-order valence-corrected chi connectivity index (χ3v) is 4.42. The van der Waals surface area contributed by atoms with Gasteiger partial charge in [-0.3, -0.25) is 0 Å². The van der Waals surface area contributed by atoms with E-state index in [1.807, 2.05) is 6.08 Å². The summed E-state index contributed by atoms with van der Waals surface area (Å²) in [5, 5.41) is 1.03. The highest BCUT2D eigenvalue weighted by Gasteiger charge is 2.22. The molecule has 0 aliphatic rings. The zero-order valence-corrected chi connectivity index (χ0v) is 8.68. The van der Waals surface area contributed by atoms with Crippen molar-refractivity contribution in [3.05, 3.63) is 24.1 Å². The summed E-state index contributed by atoms with van der Waals surface area (Å²) in [7, 11) is 1.66. The van der Waals surface area contributed by atoms with Crippen molar-refractivity contribution in [2.75, 3.05) is 14.2 Å². The molecule has 0 rings (SSSR count). The van der Waals surface area contributed by atoms with Gasteiger partial charge in [-0.2, -0.15) is 0 Å². The summed E-state index contributed by atoms with van der Waals surface area (Å²) in [5.74, 6) is 0. The van der Waals surface area contributed by atoms with Gasteiger partial charge in [-0.25, -0.2) is 0 Å². The predicted molar refractivity (Wildman–Crippen MR) is 49.8 cm³/mol. The minimum absolute atomic E-state index is 1.03. The Bertz CT molecular complexity index is 161. The first kappa shape index (κ1) is 10.5. The average molecular weight is 172 g/mol. The van der Waals surface area contributed by atoms with E-state index < -0.39 is 8.32 Å². The summed E-state index contributed by atoms with van der Waals surface area (Å²) in [6.45, 7) is 8.09. The molecule has 0 aromatic rings. The van der Waals surface area contributed by atoms with E-state index >= 15 is 0 Å². The summed E-state index contributed by atoms with van der Waals surface area (Å²) >= 11 is 0. The van der Waals surface area contributed by atoms with Crippen molar-refractivity contribution in [2.24, 2.45) is 0 Å². The van der Waals surface area contributed by atoms with Gasteiger partial charge in [-0.15, -0.1) is 0 Å². The Labute approximate surface area is 69.6 Å². The second kappa shape index (κ2) is 4.36. The molecule has 11 heavy (non-hydrogen) atoms. The maximum Gasteiger partial charge on any atom is 0.217 e. The largest absolute Gasteiger partial charge is 0.504 e. The first-order chi connectivity index (χ1) is 5.04. The average Bonchev–Trinajstić information content (AvgIpc) is 2.00. The molecular formula is C8H16O2Si. The molecule has 64 valence electrons. The van der Waals surface area contributed by atoms with E-state index in [9.17, 15) is 0 Å². The Morgan fingerprint density at radius 3 is 2.27 bits per heavy atom. The van der Waals surface area contributed by atoms with Crippen LogP contribution >= 0.6 is 0 Å². The minimum atomic E-state index is -1.68. The quantitative estimate of drug-likeness (QED) is 0.367. The molecule has 3 heteroatoms. The van der Waals surface area contributed by atoms with Gasteiger partial charge in [0.2, 0.25) is 8.32 Å². The van der Waals surface area contributed by atoms with Crippen molar-refractivity contribution < 1.29 is 9.16 Å². The molecule has 0 heterocycles. The van der Waals surface area contributed by atoms with Crippen LogP contribution in [0.1, 0.15) is 0 Å². The number of hydrogen-bond donors (Lipinski definition) is 0. The number of ether oxygens (including phenoxy) is 1. The highest BCUT2D eigenvalue weighted by molar-refractivity contribution is 6.79. The van der Waals surface area contributed by atoms with E-state index in [1.165, 1.54) is 0 Å². The van der Waals surface area contributed by atoms with Crippen LogP contribution in [-0.4, -0.2) is 22.5 Å². The minimum Gasteiger partial charge on any atom is -0.504 e. The predicted octanol–water partition coefficient (Wildman–Crippen LogP) is 2.09. The van der Waals surface area contributed by atoms with E-state index in [4.69, 9.17) is 9.16 Å². The Morgan fingerprint density at radius 2 is 1.91 bits per heavy atom. The first-order valence-electron chi connectivity index (χ1n) is 3.48. The van der Waals surface area contributed by atoms with Crippen molar-refractivity contribution in [1.29, 1.82) is 0 Å². The van der Waals surface area contributed by atoms with Crippen LogP contribution in [0, 0.1) is 0 Å². The molecule has 0 unspecified atom stereocenters. The summed E-state index contributed by atoms with van der Waals surface area (Å²) in [6.07, 6.45) is 3.48. The van der Waals surface area contributed by atoms with Crippen LogP contribution in [0.25, 0.3) is 0 Å². The maximum absolute atomic E-state index is 5.33. The zero-order valence-electron chi connectivity index (χ0n) is 7.68. The van der Waals surface area contributed by atoms with Gasteiger partial charge in [-0.1, -0.05) is 6.58 Å². The van der Waals surface area contributed by atoms with Crippen molar-refractivity contribution in [2.45, 2.75) is 13.1 Å². The molecule has 0 aromatic heterocycles. The summed E-state index contributed by atoms with van der Waals surface area (Å²) in [4.78, 5) is 0. The van der Waals surface area contributed by atoms with E-state index in [1.54, 1.807) is 20.5 Å². The molecule has 0 spiro atoms. The Morgan fingerprint density at radius 1 is 1.36 bits per heavy atom. The Balaban J connectivity index is 4.13. The molecule has 0 aromatic carbocycles. The van der Waals surface area contributed by atoms with Crippen LogP contribution in [0.4, 0.5) is 0 Å². The van der Waals surface area contributed by atoms with Crippen molar-refractivity contribution in [1.82, 2.24) is 0 Å². The van der Waals surface area contributed by atoms with Crippen molar-refractivity contribution >= 4 is 8.32 Å². The highest BCUT2D eigenvalue weighted by atomic mass is 28.4. The maximum atomic E-state index is 5.33. The molecule has 0 saturated carbocycles. The molecule has 0 bridgehead atoms. The summed E-state index contributed by atoms with van der Waals surface area (Å²) in [6, 6.07) is 0. The molecule has 0 radical (unpaired) electrons. The monoisotopic (exact) mass is 172 g/mol.